The molecule has 37 heavy (non-hydrogen) atoms. The number of carbonyl (C=O) groups excluding carboxylic acids is 1. The van der Waals surface area contributed by atoms with Gasteiger partial charge in [0.25, 0.3) is 5.91 Å². The zero-order valence-electron chi connectivity index (χ0n) is 22.4. The number of aromatic nitrogens is 1. The number of aliphatic carboxylic acids is 2. The van der Waals surface area contributed by atoms with Crippen molar-refractivity contribution < 1.29 is 29.3 Å². The minimum absolute atomic E-state index is 0.0136. The molecular weight excluding hydrogens is 476 g/mol. The van der Waals surface area contributed by atoms with E-state index in [0.29, 0.717) is 5.69 Å². The Bertz CT molecular complexity index is 1030. The summed E-state index contributed by atoms with van der Waals surface area (Å²) in [5.74, 6) is -1.21. The number of para-hydroxylation sites is 2. The summed E-state index contributed by atoms with van der Waals surface area (Å²) in [5.41, 5.74) is 3.05. The molecule has 2 aromatic rings. The molecule has 1 aliphatic heterocycles. The van der Waals surface area contributed by atoms with Gasteiger partial charge in [-0.15, -0.1) is 0 Å². The van der Waals surface area contributed by atoms with Crippen LogP contribution in [-0.2, 0) is 23.2 Å². The molecule has 0 saturated carbocycles. The van der Waals surface area contributed by atoms with E-state index in [4.69, 9.17) is 14.9 Å². The smallest absolute Gasteiger partial charge is 0.303 e. The Labute approximate surface area is 218 Å². The van der Waals surface area contributed by atoms with Crippen LogP contribution in [0.3, 0.4) is 0 Å². The molecule has 0 radical (unpaired) electrons. The van der Waals surface area contributed by atoms with E-state index in [1.165, 1.54) is 5.69 Å². The highest BCUT2D eigenvalue weighted by atomic mass is 16.5. The topological polar surface area (TPSA) is 124 Å². The van der Waals surface area contributed by atoms with E-state index in [2.05, 4.69) is 53.2 Å². The molecule has 1 aromatic carbocycles. The van der Waals surface area contributed by atoms with Gasteiger partial charge in [-0.25, -0.2) is 0 Å². The Morgan fingerprint density at radius 2 is 1.51 bits per heavy atom. The van der Waals surface area contributed by atoms with Crippen molar-refractivity contribution in [1.82, 2.24) is 14.8 Å². The molecule has 0 atom stereocenters. The molecule has 0 spiro atoms. The molecule has 204 valence electrons. The first-order chi connectivity index (χ1) is 17.5. The largest absolute Gasteiger partial charge is 0.489 e. The van der Waals surface area contributed by atoms with Gasteiger partial charge in [-0.2, -0.15) is 0 Å². The van der Waals surface area contributed by atoms with Crippen molar-refractivity contribution in [1.29, 1.82) is 0 Å². The van der Waals surface area contributed by atoms with Crippen molar-refractivity contribution in [3.63, 3.8) is 0 Å². The van der Waals surface area contributed by atoms with Crippen LogP contribution in [0.1, 0.15) is 56.7 Å². The highest BCUT2D eigenvalue weighted by Gasteiger charge is 2.22. The number of ether oxygens (including phenoxy) is 1. The number of carboxylic acid groups (broad SMARTS) is 2. The van der Waals surface area contributed by atoms with Gasteiger partial charge in [0, 0.05) is 51.5 Å². The highest BCUT2D eigenvalue weighted by Crippen LogP contribution is 2.29. The molecule has 1 fully saturated rings. The molecule has 1 aromatic heterocycles. The normalized spacial score (nSPS) is 13.8. The molecule has 0 bridgehead atoms. The van der Waals surface area contributed by atoms with Crippen LogP contribution in [-0.4, -0.2) is 75.9 Å². The maximum atomic E-state index is 12.3. The van der Waals surface area contributed by atoms with Crippen LogP contribution in [0.4, 0.5) is 5.69 Å². The third-order valence-electron chi connectivity index (χ3n) is 5.76. The maximum absolute atomic E-state index is 12.3. The molecule has 10 heteroatoms. The summed E-state index contributed by atoms with van der Waals surface area (Å²) in [6.07, 6.45) is -0.429. The average Bonchev–Trinajstić information content (AvgIpc) is 3.18. The molecule has 1 aliphatic rings. The number of rotatable bonds is 10. The van der Waals surface area contributed by atoms with Gasteiger partial charge in [0.1, 0.15) is 11.4 Å². The van der Waals surface area contributed by atoms with E-state index in [1.54, 1.807) is 0 Å². The zero-order chi connectivity index (χ0) is 27.5. The van der Waals surface area contributed by atoms with Crippen LogP contribution in [0.5, 0.6) is 5.75 Å². The first-order valence-electron chi connectivity index (χ1n) is 12.6. The summed E-state index contributed by atoms with van der Waals surface area (Å²) < 4.78 is 8.00. The van der Waals surface area contributed by atoms with Crippen LogP contribution in [0.2, 0.25) is 0 Å². The van der Waals surface area contributed by atoms with Gasteiger partial charge in [-0.1, -0.05) is 12.1 Å². The lowest BCUT2D eigenvalue weighted by Gasteiger charge is -2.37. The van der Waals surface area contributed by atoms with Gasteiger partial charge in [0.15, 0.2) is 0 Å². The summed E-state index contributed by atoms with van der Waals surface area (Å²) in [7, 11) is 1.97. The number of carbonyl (C=O) groups is 3. The predicted octanol–water partition coefficient (Wildman–Crippen LogP) is 3.21. The lowest BCUT2D eigenvalue weighted by Crippen LogP contribution is -2.46. The van der Waals surface area contributed by atoms with Crippen molar-refractivity contribution >= 4 is 23.5 Å². The van der Waals surface area contributed by atoms with E-state index < -0.39 is 11.9 Å². The fourth-order valence-corrected chi connectivity index (χ4v) is 3.94. The molecule has 10 nitrogen and oxygen atoms in total. The van der Waals surface area contributed by atoms with E-state index in [0.717, 1.165) is 44.2 Å². The van der Waals surface area contributed by atoms with Crippen LogP contribution < -0.4 is 15.0 Å². The zero-order valence-corrected chi connectivity index (χ0v) is 22.4. The first-order valence-corrected chi connectivity index (χ1v) is 12.6. The van der Waals surface area contributed by atoms with Gasteiger partial charge >= 0.3 is 11.9 Å². The highest BCUT2D eigenvalue weighted by molar-refractivity contribution is 5.93. The Kier molecular flexibility index (Phi) is 11.5. The summed E-state index contributed by atoms with van der Waals surface area (Å²) in [4.78, 5) is 36.5. The van der Waals surface area contributed by atoms with Gasteiger partial charge in [0.05, 0.1) is 24.6 Å². The van der Waals surface area contributed by atoms with E-state index in [1.807, 2.05) is 37.6 Å². The average molecular weight is 517 g/mol. The monoisotopic (exact) mass is 516 g/mol. The molecule has 0 aliphatic carbocycles. The lowest BCUT2D eigenvalue weighted by molar-refractivity contribution is -0.143. The number of nitrogens with one attached hydrogen (secondary N) is 1. The Hall–Kier alpha value is -3.53. The van der Waals surface area contributed by atoms with Gasteiger partial charge < -0.3 is 29.7 Å². The van der Waals surface area contributed by atoms with Crippen molar-refractivity contribution in [3.05, 3.63) is 47.8 Å². The Morgan fingerprint density at radius 3 is 2.05 bits per heavy atom. The first kappa shape index (κ1) is 29.7. The quantitative estimate of drug-likeness (QED) is 0.440. The minimum Gasteiger partial charge on any atom is -0.489 e. The number of benzene rings is 1. The van der Waals surface area contributed by atoms with Crippen molar-refractivity contribution in [2.45, 2.75) is 59.2 Å². The number of nitrogens with zero attached hydrogens (tertiary/aromatic N) is 3. The fraction of sp³-hybridized carbons (Fsp3) is 0.519. The van der Waals surface area contributed by atoms with Gasteiger partial charge in [-0.3, -0.25) is 19.3 Å². The third-order valence-corrected chi connectivity index (χ3v) is 5.76. The molecule has 2 heterocycles. The summed E-state index contributed by atoms with van der Waals surface area (Å²) in [6, 6.07) is 12.4. The second-order valence-electron chi connectivity index (χ2n) is 9.58. The number of hydrogen-bond acceptors (Lipinski definition) is 6. The number of hydrogen-bond donors (Lipinski definition) is 3. The molecule has 3 N–H and O–H groups in total. The molecule has 3 rings (SSSR count). The molecule has 1 amide bonds. The van der Waals surface area contributed by atoms with Crippen molar-refractivity contribution in [2.24, 2.45) is 7.05 Å². The van der Waals surface area contributed by atoms with E-state index in [9.17, 15) is 14.4 Å². The minimum atomic E-state index is -1.08. The summed E-state index contributed by atoms with van der Waals surface area (Å²) in [5, 5.41) is 18.8. The van der Waals surface area contributed by atoms with Crippen LogP contribution >= 0.6 is 0 Å². The fourth-order valence-electron chi connectivity index (χ4n) is 3.94. The predicted molar refractivity (Wildman–Crippen MR) is 142 cm³/mol. The van der Waals surface area contributed by atoms with Gasteiger partial charge in [0.2, 0.25) is 0 Å². The number of amides is 1. The number of carboxylic acids is 2. The molecular formula is C27H40N4O6. The van der Waals surface area contributed by atoms with Crippen molar-refractivity contribution in [2.75, 3.05) is 31.1 Å². The number of piperazine rings is 1. The Balaban J connectivity index is 0.000000521. The van der Waals surface area contributed by atoms with E-state index >= 15 is 0 Å². The Morgan fingerprint density at radius 1 is 0.919 bits per heavy atom. The summed E-state index contributed by atoms with van der Waals surface area (Å²) in [6.45, 7) is 12.8. The van der Waals surface area contributed by atoms with Gasteiger partial charge in [-0.05, 0) is 52.0 Å². The second kappa shape index (κ2) is 14.3. The molecule has 1 saturated heterocycles. The second-order valence-corrected chi connectivity index (χ2v) is 9.58. The van der Waals surface area contributed by atoms with Crippen LogP contribution in [0.15, 0.2) is 36.4 Å². The summed E-state index contributed by atoms with van der Waals surface area (Å²) >= 11 is 0. The van der Waals surface area contributed by atoms with Crippen LogP contribution in [0.25, 0.3) is 0 Å². The van der Waals surface area contributed by atoms with E-state index in [-0.39, 0.29) is 30.9 Å². The lowest BCUT2D eigenvalue weighted by atomic mass is 10.2. The third kappa shape index (κ3) is 9.80. The van der Waals surface area contributed by atoms with Crippen LogP contribution in [0, 0.1) is 0 Å². The SMILES string of the molecule is CC(C)NC(=O)c1ccc(CN2CCN(c3ccccc3OC(C)C)CC2)n1C.O=C(O)CCC(=O)O. The molecule has 0 unspecified atom stereocenters. The number of anilines is 1. The van der Waals surface area contributed by atoms with Crippen molar-refractivity contribution in [3.8, 4) is 5.75 Å². The maximum Gasteiger partial charge on any atom is 0.303 e. The standard InChI is InChI=1S/C23H34N4O2.C4H6O4/c1-17(2)24-23(28)21-11-10-19(25(21)5)16-26-12-14-27(15-13-26)20-8-6-7-9-22(20)29-18(3)4;5-3(6)1-2-4(7)8/h6-11,17-18H,12-16H2,1-5H3,(H,24,28);1-2H2,(H,5,6)(H,7,8).